The summed E-state index contributed by atoms with van der Waals surface area (Å²) < 4.78 is 21.2. The maximum Gasteiger partial charge on any atom is 0.417 e. The van der Waals surface area contributed by atoms with Crippen LogP contribution >= 0.6 is 11.8 Å². The van der Waals surface area contributed by atoms with Gasteiger partial charge in [0.1, 0.15) is 38.2 Å². The first-order valence-corrected chi connectivity index (χ1v) is 22.0. The SMILES string of the molecule is COc1ccc(CS[C@H]2C[C@@H](C(=O)N3CC[C@H](NC(=O)CN(C(=N)NC(=O)OCc4ccc([N+](=O)[O-])cc4)C(=O)OCc4ccc([N+](=O)[O-])cc4)C3)N(C(=O)OCc3ccc([N+](=O)[O-])cc3)C2)cc1. The maximum atomic E-state index is 14.2. The van der Waals surface area contributed by atoms with Gasteiger partial charge in [-0.2, -0.15) is 11.8 Å². The van der Waals surface area contributed by atoms with Crippen molar-refractivity contribution in [3.8, 4) is 5.75 Å². The molecule has 24 nitrogen and oxygen atoms in total. The highest BCUT2D eigenvalue weighted by Crippen LogP contribution is 2.33. The van der Waals surface area contributed by atoms with Crippen molar-refractivity contribution in [1.29, 1.82) is 5.41 Å². The first-order valence-electron chi connectivity index (χ1n) is 21.0. The Bertz CT molecular complexity index is 2550. The molecule has 0 unspecified atom stereocenters. The molecule has 0 aromatic heterocycles. The highest BCUT2D eigenvalue weighted by atomic mass is 32.2. The number of hydrogen-bond donors (Lipinski definition) is 3. The number of nitrogens with zero attached hydrogens (tertiary/aromatic N) is 6. The first kappa shape index (κ1) is 50.1. The number of likely N-dealkylation sites (tertiary alicyclic amines) is 2. The zero-order chi connectivity index (χ0) is 49.6. The number of benzene rings is 4. The van der Waals surface area contributed by atoms with Crippen molar-refractivity contribution in [3.05, 3.63) is 150 Å². The number of methoxy groups -OCH3 is 1. The van der Waals surface area contributed by atoms with Crippen LogP contribution in [0.25, 0.3) is 0 Å². The lowest BCUT2D eigenvalue weighted by atomic mass is 10.2. The lowest BCUT2D eigenvalue weighted by molar-refractivity contribution is -0.385. The van der Waals surface area contributed by atoms with Crippen molar-refractivity contribution in [2.75, 3.05) is 33.3 Å². The van der Waals surface area contributed by atoms with Gasteiger partial charge in [-0.25, -0.2) is 19.3 Å². The van der Waals surface area contributed by atoms with Crippen LogP contribution in [0.1, 0.15) is 35.1 Å². The number of nitro groups is 3. The summed E-state index contributed by atoms with van der Waals surface area (Å²) in [5.41, 5.74) is 1.68. The van der Waals surface area contributed by atoms with Gasteiger partial charge in [-0.05, 0) is 83.6 Å². The average molecular weight is 972 g/mol. The molecule has 5 amide bonds. The van der Waals surface area contributed by atoms with Crippen LogP contribution < -0.4 is 15.4 Å². The summed E-state index contributed by atoms with van der Waals surface area (Å²) >= 11 is 1.56. The highest BCUT2D eigenvalue weighted by molar-refractivity contribution is 7.99. The van der Waals surface area contributed by atoms with Gasteiger partial charge in [0.15, 0.2) is 0 Å². The van der Waals surface area contributed by atoms with Gasteiger partial charge < -0.3 is 29.2 Å². The standard InChI is InChI=1S/C44H45N9O15S/c1-65-36-16-8-31(9-17-36)27-69-37-20-38(49(22-37)43(57)67-25-29-4-12-34(13-5-29)52(61)62)40(55)48-19-18-32(21-48)46-39(54)23-50(44(58)68-26-30-6-14-35(15-7-30)53(63)64)41(45)47-42(56)66-24-28-2-10-33(11-3-28)51(59)60/h2-17,32,37-38H,18-27H2,1H3,(H,46,54)(H2,45,47,56)/t32-,37-,38-/m0/s1. The number of alkyl carbamates (subject to hydrolysis) is 1. The van der Waals surface area contributed by atoms with E-state index in [9.17, 15) is 54.3 Å². The molecule has 2 saturated heterocycles. The third-order valence-electron chi connectivity index (χ3n) is 10.8. The Balaban J connectivity index is 1.08. The second kappa shape index (κ2) is 23.4. The zero-order valence-electron chi connectivity index (χ0n) is 36.8. The third-order valence-corrected chi connectivity index (χ3v) is 12.2. The Kier molecular flexibility index (Phi) is 17.0. The second-order valence-corrected chi connectivity index (χ2v) is 16.8. The predicted molar refractivity (Wildman–Crippen MR) is 244 cm³/mol. The molecule has 4 aromatic rings. The van der Waals surface area contributed by atoms with Crippen molar-refractivity contribution >= 4 is 64.9 Å². The number of thioether (sulfide) groups is 1. The molecule has 6 rings (SSSR count). The number of nitrogens with one attached hydrogen (secondary N) is 3. The number of nitro benzene ring substituents is 3. The molecule has 2 aliphatic heterocycles. The fraction of sp³-hybridized carbons (Fsp3) is 0.318. The summed E-state index contributed by atoms with van der Waals surface area (Å²) in [5.74, 6) is -0.836. The third kappa shape index (κ3) is 14.1. The number of guanidine groups is 1. The molecule has 2 aliphatic rings. The maximum absolute atomic E-state index is 14.2. The summed E-state index contributed by atoms with van der Waals surface area (Å²) in [4.78, 5) is 102. The lowest BCUT2D eigenvalue weighted by Gasteiger charge is -2.27. The number of carbonyl (C=O) groups is 5. The normalized spacial score (nSPS) is 16.2. The largest absolute Gasteiger partial charge is 0.497 e. The average Bonchev–Trinajstić information content (AvgIpc) is 4.01. The van der Waals surface area contributed by atoms with E-state index in [1.807, 2.05) is 24.3 Å². The molecule has 0 radical (unpaired) electrons. The van der Waals surface area contributed by atoms with Crippen molar-refractivity contribution in [1.82, 2.24) is 25.3 Å². The molecule has 0 saturated carbocycles. The van der Waals surface area contributed by atoms with Gasteiger partial charge in [0.2, 0.25) is 17.8 Å². The topological polar surface area (TPSA) is 309 Å². The van der Waals surface area contributed by atoms with Crippen LogP contribution in [0.2, 0.25) is 0 Å². The predicted octanol–water partition coefficient (Wildman–Crippen LogP) is 5.65. The molecule has 0 aliphatic carbocycles. The minimum Gasteiger partial charge on any atom is -0.497 e. The van der Waals surface area contributed by atoms with E-state index in [4.69, 9.17) is 24.4 Å². The Morgan fingerprint density at radius 1 is 0.725 bits per heavy atom. The van der Waals surface area contributed by atoms with Gasteiger partial charge in [0.05, 0.1) is 21.9 Å². The first-order chi connectivity index (χ1) is 33.1. The molecular weight excluding hydrogens is 927 g/mol. The number of rotatable bonds is 17. The fourth-order valence-corrected chi connectivity index (χ4v) is 8.38. The Labute approximate surface area is 396 Å². The Hall–Kier alpha value is -8.35. The van der Waals surface area contributed by atoms with Gasteiger partial charge in [0, 0.05) is 73.1 Å². The van der Waals surface area contributed by atoms with E-state index in [1.165, 1.54) is 82.6 Å². The van der Waals surface area contributed by atoms with Gasteiger partial charge in [0.25, 0.3) is 17.1 Å². The molecule has 0 spiro atoms. The van der Waals surface area contributed by atoms with Crippen molar-refractivity contribution in [2.24, 2.45) is 0 Å². The minimum atomic E-state index is -1.26. The van der Waals surface area contributed by atoms with Gasteiger partial charge >= 0.3 is 18.3 Å². The van der Waals surface area contributed by atoms with E-state index in [0.717, 1.165) is 5.56 Å². The fourth-order valence-electron chi connectivity index (χ4n) is 7.17. The van der Waals surface area contributed by atoms with Crippen LogP contribution in [0.3, 0.4) is 0 Å². The molecule has 2 heterocycles. The van der Waals surface area contributed by atoms with Crippen LogP contribution in [0.15, 0.2) is 97.1 Å². The van der Waals surface area contributed by atoms with E-state index >= 15 is 0 Å². The van der Waals surface area contributed by atoms with Crippen molar-refractivity contribution in [2.45, 2.75) is 55.7 Å². The summed E-state index contributed by atoms with van der Waals surface area (Å²) in [5, 5.41) is 46.3. The molecular formula is C44H45N9O15S. The van der Waals surface area contributed by atoms with Crippen LogP contribution in [0, 0.1) is 35.8 Å². The number of non-ortho nitro benzene ring substituents is 3. The summed E-state index contributed by atoms with van der Waals surface area (Å²) in [6.45, 7) is -1.46. The van der Waals surface area contributed by atoms with Crippen LogP contribution in [-0.2, 0) is 49.4 Å². The molecule has 0 bridgehead atoms. The Morgan fingerprint density at radius 3 is 1.75 bits per heavy atom. The lowest BCUT2D eigenvalue weighted by Crippen LogP contribution is -2.52. The van der Waals surface area contributed by atoms with E-state index in [1.54, 1.807) is 18.9 Å². The summed E-state index contributed by atoms with van der Waals surface area (Å²) in [7, 11) is 1.57. The molecule has 362 valence electrons. The van der Waals surface area contributed by atoms with E-state index in [2.05, 4.69) is 10.6 Å². The van der Waals surface area contributed by atoms with E-state index in [0.29, 0.717) is 39.5 Å². The van der Waals surface area contributed by atoms with Crippen LogP contribution in [0.4, 0.5) is 31.4 Å². The molecule has 25 heteroatoms. The summed E-state index contributed by atoms with van der Waals surface area (Å²) in [6.07, 6.45) is -2.65. The number of ether oxygens (including phenoxy) is 4. The smallest absolute Gasteiger partial charge is 0.417 e. The van der Waals surface area contributed by atoms with Crippen molar-refractivity contribution in [3.63, 3.8) is 0 Å². The molecule has 69 heavy (non-hydrogen) atoms. The van der Waals surface area contributed by atoms with Gasteiger partial charge in [-0.1, -0.05) is 12.1 Å². The highest BCUT2D eigenvalue weighted by Gasteiger charge is 2.44. The number of carbonyl (C=O) groups excluding carboxylic acids is 5. The van der Waals surface area contributed by atoms with E-state index < -0.39 is 70.2 Å². The van der Waals surface area contributed by atoms with Gasteiger partial charge in [-0.3, -0.25) is 55.6 Å². The van der Waals surface area contributed by atoms with Crippen LogP contribution in [-0.4, -0.2) is 116 Å². The zero-order valence-corrected chi connectivity index (χ0v) is 37.6. The molecule has 4 aromatic carbocycles. The molecule has 2 fully saturated rings. The number of hydrogen-bond acceptors (Lipinski definition) is 17. The van der Waals surface area contributed by atoms with E-state index in [-0.39, 0.29) is 67.5 Å². The Morgan fingerprint density at radius 2 is 1.23 bits per heavy atom. The molecule has 3 N–H and O–H groups in total. The molecule has 3 atom stereocenters. The monoisotopic (exact) mass is 971 g/mol. The minimum absolute atomic E-state index is 0.0195. The summed E-state index contributed by atoms with van der Waals surface area (Å²) in [6, 6.07) is 21.6. The van der Waals surface area contributed by atoms with Crippen LogP contribution in [0.5, 0.6) is 5.75 Å². The second-order valence-electron chi connectivity index (χ2n) is 15.5. The quantitative estimate of drug-likeness (QED) is 0.0378. The van der Waals surface area contributed by atoms with Gasteiger partial charge in [-0.15, -0.1) is 0 Å². The number of amides is 5. The van der Waals surface area contributed by atoms with Crippen molar-refractivity contribution < 1.29 is 57.7 Å².